The third kappa shape index (κ3) is 3.35. The molecule has 2 aliphatic rings. The molecule has 2 fully saturated rings. The van der Waals surface area contributed by atoms with Crippen LogP contribution in [0.15, 0.2) is 18.2 Å². The third-order valence-corrected chi connectivity index (χ3v) is 4.57. The van der Waals surface area contributed by atoms with Gasteiger partial charge in [0.2, 0.25) is 0 Å². The molecule has 1 aliphatic carbocycles. The molecule has 0 spiro atoms. The summed E-state index contributed by atoms with van der Waals surface area (Å²) in [7, 11) is 1.66. The van der Waals surface area contributed by atoms with Crippen LogP contribution < -0.4 is 10.1 Å². The second kappa shape index (κ2) is 6.57. The highest BCUT2D eigenvalue weighted by Crippen LogP contribution is 2.36. The Bertz CT molecular complexity index is 543. The molecule has 0 bridgehead atoms. The van der Waals surface area contributed by atoms with Crippen molar-refractivity contribution in [3.05, 3.63) is 29.3 Å². The molecule has 1 atom stereocenters. The van der Waals surface area contributed by atoms with E-state index in [1.807, 2.05) is 30.0 Å². The van der Waals surface area contributed by atoms with E-state index in [1.54, 1.807) is 7.11 Å². The van der Waals surface area contributed by atoms with Crippen LogP contribution in [0.1, 0.15) is 24.0 Å². The van der Waals surface area contributed by atoms with Crippen molar-refractivity contribution in [2.45, 2.75) is 32.4 Å². The van der Waals surface area contributed by atoms with E-state index in [0.717, 1.165) is 16.9 Å². The van der Waals surface area contributed by atoms with Crippen LogP contribution in [0.25, 0.3) is 0 Å². The first kappa shape index (κ1) is 15.2. The first-order valence-electron chi connectivity index (χ1n) is 7.95. The van der Waals surface area contributed by atoms with E-state index in [9.17, 15) is 4.79 Å². The number of hydrogen-bond donors (Lipinski definition) is 1. The molecule has 1 saturated heterocycles. The Labute approximate surface area is 131 Å². The minimum atomic E-state index is 0.0235. The Morgan fingerprint density at radius 1 is 1.45 bits per heavy atom. The molecule has 120 valence electrons. The number of benzene rings is 1. The standard InChI is InChI=1S/C17H24N2O3/c1-12-9-15(21-2)6-5-14(12)10-18-17(20)19-7-8-22-11-16(19)13-3-4-13/h5-6,9,13,16H,3-4,7-8,10-11H2,1-2H3,(H,18,20)/t16-/m1/s1. The molecule has 5 heteroatoms. The monoisotopic (exact) mass is 304 g/mol. The SMILES string of the molecule is COc1ccc(CNC(=O)N2CCOC[C@@H]2C2CC2)c(C)c1. The quantitative estimate of drug-likeness (QED) is 0.929. The molecule has 2 amide bonds. The molecule has 1 aromatic rings. The molecule has 0 unspecified atom stereocenters. The normalized spacial score (nSPS) is 21.5. The summed E-state index contributed by atoms with van der Waals surface area (Å²) in [4.78, 5) is 14.4. The molecule has 3 rings (SSSR count). The number of aryl methyl sites for hydroxylation is 1. The van der Waals surface area contributed by atoms with Gasteiger partial charge in [0.15, 0.2) is 0 Å². The number of hydrogen-bond acceptors (Lipinski definition) is 3. The number of amides is 2. The summed E-state index contributed by atoms with van der Waals surface area (Å²) >= 11 is 0. The number of carbonyl (C=O) groups is 1. The lowest BCUT2D eigenvalue weighted by Crippen LogP contribution is -2.53. The molecule has 1 saturated carbocycles. The molecule has 0 aromatic heterocycles. The summed E-state index contributed by atoms with van der Waals surface area (Å²) in [5, 5.41) is 3.05. The summed E-state index contributed by atoms with van der Waals surface area (Å²) in [5.41, 5.74) is 2.24. The summed E-state index contributed by atoms with van der Waals surface area (Å²) in [6.07, 6.45) is 2.44. The maximum Gasteiger partial charge on any atom is 0.318 e. The highest BCUT2D eigenvalue weighted by Gasteiger charge is 2.39. The lowest BCUT2D eigenvalue weighted by atomic mass is 10.1. The van der Waals surface area contributed by atoms with Gasteiger partial charge in [-0.2, -0.15) is 0 Å². The van der Waals surface area contributed by atoms with Gasteiger partial charge in [-0.05, 0) is 48.9 Å². The van der Waals surface area contributed by atoms with Crippen LogP contribution in [0, 0.1) is 12.8 Å². The van der Waals surface area contributed by atoms with Crippen molar-refractivity contribution in [3.8, 4) is 5.75 Å². The van der Waals surface area contributed by atoms with E-state index in [0.29, 0.717) is 32.2 Å². The smallest absolute Gasteiger partial charge is 0.318 e. The molecule has 22 heavy (non-hydrogen) atoms. The molecule has 5 nitrogen and oxygen atoms in total. The number of nitrogens with one attached hydrogen (secondary N) is 1. The predicted molar refractivity (Wildman–Crippen MR) is 84.0 cm³/mol. The molecule has 1 aliphatic heterocycles. The Balaban J connectivity index is 1.59. The van der Waals surface area contributed by atoms with E-state index in [4.69, 9.17) is 9.47 Å². The summed E-state index contributed by atoms with van der Waals surface area (Å²) in [6.45, 7) is 4.58. The van der Waals surface area contributed by atoms with Gasteiger partial charge in [-0.3, -0.25) is 0 Å². The van der Waals surface area contributed by atoms with E-state index < -0.39 is 0 Å². The van der Waals surface area contributed by atoms with Gasteiger partial charge in [-0.25, -0.2) is 4.79 Å². The minimum absolute atomic E-state index is 0.0235. The Hall–Kier alpha value is -1.75. The fourth-order valence-electron chi connectivity index (χ4n) is 3.01. The number of urea groups is 1. The van der Waals surface area contributed by atoms with Crippen molar-refractivity contribution in [1.29, 1.82) is 0 Å². The van der Waals surface area contributed by atoms with Crippen LogP contribution in [0.3, 0.4) is 0 Å². The zero-order valence-corrected chi connectivity index (χ0v) is 13.3. The maximum atomic E-state index is 12.5. The number of nitrogens with zero attached hydrogens (tertiary/aromatic N) is 1. The lowest BCUT2D eigenvalue weighted by Gasteiger charge is -2.35. The molecule has 1 heterocycles. The van der Waals surface area contributed by atoms with Crippen LogP contribution in [-0.2, 0) is 11.3 Å². The van der Waals surface area contributed by atoms with Crippen molar-refractivity contribution in [2.24, 2.45) is 5.92 Å². The zero-order chi connectivity index (χ0) is 15.5. The van der Waals surface area contributed by atoms with E-state index in [1.165, 1.54) is 12.8 Å². The van der Waals surface area contributed by atoms with Crippen molar-refractivity contribution in [2.75, 3.05) is 26.9 Å². The fourth-order valence-corrected chi connectivity index (χ4v) is 3.01. The van der Waals surface area contributed by atoms with Gasteiger partial charge in [0, 0.05) is 13.1 Å². The zero-order valence-electron chi connectivity index (χ0n) is 13.3. The van der Waals surface area contributed by atoms with Gasteiger partial charge in [0.05, 0.1) is 26.4 Å². The topological polar surface area (TPSA) is 50.8 Å². The average molecular weight is 304 g/mol. The van der Waals surface area contributed by atoms with Crippen molar-refractivity contribution < 1.29 is 14.3 Å². The maximum absolute atomic E-state index is 12.5. The van der Waals surface area contributed by atoms with Crippen LogP contribution in [-0.4, -0.2) is 43.8 Å². The lowest BCUT2D eigenvalue weighted by molar-refractivity contribution is 0.00463. The summed E-state index contributed by atoms with van der Waals surface area (Å²) < 4.78 is 10.7. The second-order valence-electron chi connectivity index (χ2n) is 6.12. The van der Waals surface area contributed by atoms with Gasteiger partial charge >= 0.3 is 6.03 Å². The number of ether oxygens (including phenoxy) is 2. The van der Waals surface area contributed by atoms with Gasteiger partial charge in [-0.15, -0.1) is 0 Å². The summed E-state index contributed by atoms with van der Waals surface area (Å²) in [5.74, 6) is 1.48. The number of rotatable bonds is 4. The average Bonchev–Trinajstić information content (AvgIpc) is 3.38. The Morgan fingerprint density at radius 3 is 2.95 bits per heavy atom. The van der Waals surface area contributed by atoms with Crippen molar-refractivity contribution >= 4 is 6.03 Å². The first-order chi connectivity index (χ1) is 10.7. The van der Waals surface area contributed by atoms with Crippen LogP contribution in [0.4, 0.5) is 4.79 Å². The number of methoxy groups -OCH3 is 1. The molecule has 0 radical (unpaired) electrons. The molecular formula is C17H24N2O3. The Morgan fingerprint density at radius 2 is 2.27 bits per heavy atom. The van der Waals surface area contributed by atoms with Crippen molar-refractivity contribution in [1.82, 2.24) is 10.2 Å². The van der Waals surface area contributed by atoms with Crippen molar-refractivity contribution in [3.63, 3.8) is 0 Å². The number of morpholine rings is 1. The highest BCUT2D eigenvalue weighted by atomic mass is 16.5. The fraction of sp³-hybridized carbons (Fsp3) is 0.588. The Kier molecular flexibility index (Phi) is 4.52. The number of carbonyl (C=O) groups excluding carboxylic acids is 1. The van der Waals surface area contributed by atoms with Gasteiger partial charge in [-0.1, -0.05) is 6.07 Å². The second-order valence-corrected chi connectivity index (χ2v) is 6.12. The van der Waals surface area contributed by atoms with Gasteiger partial charge in [0.1, 0.15) is 5.75 Å². The van der Waals surface area contributed by atoms with Crippen LogP contribution >= 0.6 is 0 Å². The van der Waals surface area contributed by atoms with Gasteiger partial charge in [0.25, 0.3) is 0 Å². The van der Waals surface area contributed by atoms with Crippen LogP contribution in [0.5, 0.6) is 5.75 Å². The third-order valence-electron chi connectivity index (χ3n) is 4.57. The molecular weight excluding hydrogens is 280 g/mol. The largest absolute Gasteiger partial charge is 0.497 e. The summed E-state index contributed by atoms with van der Waals surface area (Å²) in [6, 6.07) is 6.20. The molecule has 1 aromatic carbocycles. The van der Waals surface area contributed by atoms with E-state index in [-0.39, 0.29) is 12.1 Å². The van der Waals surface area contributed by atoms with E-state index >= 15 is 0 Å². The first-order valence-corrected chi connectivity index (χ1v) is 7.95. The van der Waals surface area contributed by atoms with E-state index in [2.05, 4.69) is 5.32 Å². The van der Waals surface area contributed by atoms with Gasteiger partial charge < -0.3 is 19.7 Å². The predicted octanol–water partition coefficient (Wildman–Crippen LogP) is 2.32. The molecule has 1 N–H and O–H groups in total. The minimum Gasteiger partial charge on any atom is -0.497 e. The van der Waals surface area contributed by atoms with Crippen LogP contribution in [0.2, 0.25) is 0 Å². The highest BCUT2D eigenvalue weighted by molar-refractivity contribution is 5.74.